The molecular formula is C12H13BrN2O2S. The van der Waals surface area contributed by atoms with Crippen LogP contribution in [0.1, 0.15) is 19.3 Å². The number of benzene rings is 1. The van der Waals surface area contributed by atoms with Crippen molar-refractivity contribution in [2.24, 2.45) is 0 Å². The van der Waals surface area contributed by atoms with E-state index in [2.05, 4.69) is 15.9 Å². The van der Waals surface area contributed by atoms with Crippen molar-refractivity contribution in [3.8, 4) is 6.07 Å². The molecular weight excluding hydrogens is 316 g/mol. The van der Waals surface area contributed by atoms with Crippen LogP contribution in [-0.4, -0.2) is 25.3 Å². The van der Waals surface area contributed by atoms with Crippen molar-refractivity contribution >= 4 is 26.0 Å². The summed E-state index contributed by atoms with van der Waals surface area (Å²) in [4.78, 5) is 0.279. The summed E-state index contributed by atoms with van der Waals surface area (Å²) in [5.74, 6) is 0. The monoisotopic (exact) mass is 328 g/mol. The molecule has 0 N–H and O–H groups in total. The second-order valence-corrected chi connectivity index (χ2v) is 7.02. The first kappa shape index (κ1) is 13.5. The molecule has 0 unspecified atom stereocenters. The van der Waals surface area contributed by atoms with Crippen molar-refractivity contribution in [1.82, 2.24) is 4.31 Å². The molecule has 0 heterocycles. The fourth-order valence-corrected chi connectivity index (χ4v) is 4.07. The van der Waals surface area contributed by atoms with Gasteiger partial charge in [0.05, 0.1) is 11.0 Å². The molecule has 0 radical (unpaired) electrons. The minimum Gasteiger partial charge on any atom is -0.207 e. The van der Waals surface area contributed by atoms with E-state index in [0.29, 0.717) is 0 Å². The van der Waals surface area contributed by atoms with Crippen LogP contribution < -0.4 is 0 Å². The van der Waals surface area contributed by atoms with E-state index >= 15 is 0 Å². The number of nitrogens with zero attached hydrogens (tertiary/aromatic N) is 2. The molecule has 0 bridgehead atoms. The first-order chi connectivity index (χ1) is 8.55. The maximum Gasteiger partial charge on any atom is 0.243 e. The van der Waals surface area contributed by atoms with Crippen LogP contribution in [0.3, 0.4) is 0 Å². The van der Waals surface area contributed by atoms with Gasteiger partial charge < -0.3 is 0 Å². The van der Waals surface area contributed by atoms with Crippen LogP contribution in [0.2, 0.25) is 0 Å². The Labute approximate surface area is 115 Å². The van der Waals surface area contributed by atoms with Gasteiger partial charge in [-0.2, -0.15) is 9.57 Å². The van der Waals surface area contributed by atoms with E-state index in [9.17, 15) is 8.42 Å². The van der Waals surface area contributed by atoms with Crippen molar-refractivity contribution in [2.45, 2.75) is 30.2 Å². The number of hydrogen-bond donors (Lipinski definition) is 0. The molecule has 1 saturated carbocycles. The summed E-state index contributed by atoms with van der Waals surface area (Å²) in [7, 11) is -3.48. The maximum absolute atomic E-state index is 12.5. The highest BCUT2D eigenvalue weighted by Gasteiger charge is 2.37. The molecule has 2 rings (SSSR count). The summed E-state index contributed by atoms with van der Waals surface area (Å²) < 4.78 is 27.1. The molecule has 1 aromatic carbocycles. The van der Waals surface area contributed by atoms with Crippen molar-refractivity contribution in [3.63, 3.8) is 0 Å². The number of hydrogen-bond acceptors (Lipinski definition) is 3. The lowest BCUT2D eigenvalue weighted by atomic mass is 10.4. The average Bonchev–Trinajstić information content (AvgIpc) is 3.14. The van der Waals surface area contributed by atoms with Crippen molar-refractivity contribution in [1.29, 1.82) is 5.26 Å². The minimum atomic E-state index is -3.48. The van der Waals surface area contributed by atoms with E-state index in [1.165, 1.54) is 4.31 Å². The first-order valence-corrected chi connectivity index (χ1v) is 7.93. The highest BCUT2D eigenvalue weighted by molar-refractivity contribution is 9.10. The molecule has 1 fully saturated rings. The van der Waals surface area contributed by atoms with Gasteiger partial charge in [-0.1, -0.05) is 22.0 Å². The third-order valence-corrected chi connectivity index (χ3v) is 5.24. The first-order valence-electron chi connectivity index (χ1n) is 5.70. The molecule has 0 amide bonds. The van der Waals surface area contributed by atoms with Crippen LogP contribution in [0, 0.1) is 11.3 Å². The predicted molar refractivity (Wildman–Crippen MR) is 71.3 cm³/mol. The van der Waals surface area contributed by atoms with Gasteiger partial charge in [0.15, 0.2) is 0 Å². The molecule has 0 spiro atoms. The summed E-state index contributed by atoms with van der Waals surface area (Å²) >= 11 is 3.27. The van der Waals surface area contributed by atoms with Gasteiger partial charge in [-0.3, -0.25) is 0 Å². The van der Waals surface area contributed by atoms with Crippen molar-refractivity contribution in [3.05, 3.63) is 28.7 Å². The number of sulfonamides is 1. The zero-order valence-corrected chi connectivity index (χ0v) is 12.1. The van der Waals surface area contributed by atoms with Crippen molar-refractivity contribution < 1.29 is 8.42 Å². The second-order valence-electron chi connectivity index (χ2n) is 4.21. The minimum absolute atomic E-state index is 0.0716. The zero-order chi connectivity index (χ0) is 13.2. The molecule has 0 aliphatic heterocycles. The van der Waals surface area contributed by atoms with Crippen LogP contribution in [0.15, 0.2) is 33.6 Å². The van der Waals surface area contributed by atoms with Gasteiger partial charge in [0, 0.05) is 23.5 Å². The van der Waals surface area contributed by atoms with Crippen LogP contribution in [0.4, 0.5) is 0 Å². The van der Waals surface area contributed by atoms with E-state index < -0.39 is 10.0 Å². The molecule has 1 aliphatic carbocycles. The number of nitriles is 1. The van der Waals surface area contributed by atoms with E-state index in [1.54, 1.807) is 24.3 Å². The Hall–Kier alpha value is -0.900. The van der Waals surface area contributed by atoms with Gasteiger partial charge in [-0.15, -0.1) is 0 Å². The van der Waals surface area contributed by atoms with E-state index in [4.69, 9.17) is 5.26 Å². The van der Waals surface area contributed by atoms with Crippen LogP contribution in [0.5, 0.6) is 0 Å². The molecule has 1 aliphatic rings. The topological polar surface area (TPSA) is 61.2 Å². The molecule has 0 atom stereocenters. The van der Waals surface area contributed by atoms with Crippen LogP contribution in [0.25, 0.3) is 0 Å². The second kappa shape index (κ2) is 5.39. The normalized spacial score (nSPS) is 15.6. The highest BCUT2D eigenvalue weighted by atomic mass is 79.9. The Morgan fingerprint density at radius 3 is 2.72 bits per heavy atom. The Bertz CT molecular complexity index is 576. The SMILES string of the molecule is N#CCCN(C1CC1)S(=O)(=O)c1cccc(Br)c1. The smallest absolute Gasteiger partial charge is 0.207 e. The third kappa shape index (κ3) is 2.91. The molecule has 0 aromatic heterocycles. The summed E-state index contributed by atoms with van der Waals surface area (Å²) in [6.45, 7) is 0.274. The van der Waals surface area contributed by atoms with Gasteiger partial charge in [-0.05, 0) is 31.0 Å². The van der Waals surface area contributed by atoms with E-state index in [1.807, 2.05) is 6.07 Å². The molecule has 96 valence electrons. The van der Waals surface area contributed by atoms with E-state index in [0.717, 1.165) is 17.3 Å². The quantitative estimate of drug-likeness (QED) is 0.834. The largest absolute Gasteiger partial charge is 0.243 e. The highest BCUT2D eigenvalue weighted by Crippen LogP contribution is 2.32. The standard InChI is InChI=1S/C12H13BrN2O2S/c13-10-3-1-4-12(9-10)18(16,17)15(8-2-7-14)11-5-6-11/h1,3-4,9,11H,2,5-6,8H2. The maximum atomic E-state index is 12.5. The van der Waals surface area contributed by atoms with Gasteiger partial charge in [-0.25, -0.2) is 8.42 Å². The van der Waals surface area contributed by atoms with Gasteiger partial charge >= 0.3 is 0 Å². The lowest BCUT2D eigenvalue weighted by molar-refractivity contribution is 0.411. The fraction of sp³-hybridized carbons (Fsp3) is 0.417. The zero-order valence-electron chi connectivity index (χ0n) is 9.71. The summed E-state index contributed by atoms with van der Waals surface area (Å²) in [5, 5.41) is 8.62. The van der Waals surface area contributed by atoms with Crippen LogP contribution >= 0.6 is 15.9 Å². The lowest BCUT2D eigenvalue weighted by Crippen LogP contribution is -2.33. The fourth-order valence-electron chi connectivity index (χ4n) is 1.78. The molecule has 6 heteroatoms. The number of halogens is 1. The van der Waals surface area contributed by atoms with Crippen molar-refractivity contribution in [2.75, 3.05) is 6.54 Å². The lowest BCUT2D eigenvalue weighted by Gasteiger charge is -2.20. The Morgan fingerprint density at radius 2 is 2.17 bits per heavy atom. The third-order valence-electron chi connectivity index (χ3n) is 2.80. The Morgan fingerprint density at radius 1 is 1.44 bits per heavy atom. The van der Waals surface area contributed by atoms with Gasteiger partial charge in [0.2, 0.25) is 10.0 Å². The molecule has 0 saturated heterocycles. The van der Waals surface area contributed by atoms with Gasteiger partial charge in [0.1, 0.15) is 0 Å². The van der Waals surface area contributed by atoms with Gasteiger partial charge in [0.25, 0.3) is 0 Å². The summed E-state index contributed by atoms with van der Waals surface area (Å²) in [5.41, 5.74) is 0. The molecule has 18 heavy (non-hydrogen) atoms. The van der Waals surface area contributed by atoms with E-state index in [-0.39, 0.29) is 23.9 Å². The molecule has 4 nitrogen and oxygen atoms in total. The average molecular weight is 329 g/mol. The summed E-state index contributed by atoms with van der Waals surface area (Å²) in [6, 6.07) is 8.74. The Kier molecular flexibility index (Phi) is 4.05. The Balaban J connectivity index is 2.30. The number of rotatable bonds is 5. The molecule has 1 aromatic rings. The van der Waals surface area contributed by atoms with Crippen LogP contribution in [-0.2, 0) is 10.0 Å². The predicted octanol–water partition coefficient (Wildman–Crippen LogP) is 2.52. The summed E-state index contributed by atoms with van der Waals surface area (Å²) in [6.07, 6.45) is 2.00.